The molecule has 1 aromatic carbocycles. The molecule has 1 atom stereocenters. The normalized spacial score (nSPS) is 11.8. The first-order valence-corrected chi connectivity index (χ1v) is 10.3. The molecule has 0 spiro atoms. The van der Waals surface area contributed by atoms with Crippen molar-refractivity contribution in [1.82, 2.24) is 5.32 Å². The Kier molecular flexibility index (Phi) is 11.4. The number of rotatable bonds is 15. The molecule has 1 aromatic rings. The molecule has 0 aliphatic rings. The lowest BCUT2D eigenvalue weighted by atomic mass is 10.0. The van der Waals surface area contributed by atoms with Crippen molar-refractivity contribution in [3.63, 3.8) is 0 Å². The molecule has 0 fully saturated rings. The van der Waals surface area contributed by atoms with Crippen LogP contribution >= 0.6 is 0 Å². The van der Waals surface area contributed by atoms with Crippen LogP contribution in [0.2, 0.25) is 0 Å². The summed E-state index contributed by atoms with van der Waals surface area (Å²) in [5.41, 5.74) is -0.141. The van der Waals surface area contributed by atoms with E-state index < -0.39 is 28.4 Å². The van der Waals surface area contributed by atoms with Crippen LogP contribution in [0.3, 0.4) is 0 Å². The van der Waals surface area contributed by atoms with Crippen LogP contribution in [0, 0.1) is 10.1 Å². The van der Waals surface area contributed by atoms with Crippen LogP contribution in [-0.2, 0) is 16.0 Å². The van der Waals surface area contributed by atoms with Crippen molar-refractivity contribution in [3.05, 3.63) is 33.9 Å². The number of carboxylic acids is 1. The fourth-order valence-electron chi connectivity index (χ4n) is 3.14. The van der Waals surface area contributed by atoms with Crippen LogP contribution in [0.4, 0.5) is 5.69 Å². The third-order valence-electron chi connectivity index (χ3n) is 4.82. The molecule has 8 nitrogen and oxygen atoms in total. The van der Waals surface area contributed by atoms with Gasteiger partial charge in [-0.3, -0.25) is 14.9 Å². The standard InChI is InChI=1S/C21H32N2O6/c1-2-3-4-5-6-7-8-9-10-11-20(25)22-17(21(26)27)14-16-12-13-19(24)18(15-16)23(28)29/h12-13,15,17,24H,2-11,14H2,1H3,(H,22,25)(H,26,27)/t17-/m1/s1. The maximum Gasteiger partial charge on any atom is 0.326 e. The average Bonchev–Trinajstić information content (AvgIpc) is 2.67. The summed E-state index contributed by atoms with van der Waals surface area (Å²) in [6.45, 7) is 2.19. The van der Waals surface area contributed by atoms with Gasteiger partial charge in [-0.2, -0.15) is 0 Å². The minimum Gasteiger partial charge on any atom is -0.502 e. The van der Waals surface area contributed by atoms with E-state index in [9.17, 15) is 29.9 Å². The summed E-state index contributed by atoms with van der Waals surface area (Å²) in [5.74, 6) is -2.03. The predicted molar refractivity (Wildman–Crippen MR) is 110 cm³/mol. The number of aliphatic carboxylic acids is 1. The summed E-state index contributed by atoms with van der Waals surface area (Å²) in [5, 5.41) is 32.2. The highest BCUT2D eigenvalue weighted by atomic mass is 16.6. The summed E-state index contributed by atoms with van der Waals surface area (Å²) < 4.78 is 0. The Morgan fingerprint density at radius 2 is 1.66 bits per heavy atom. The third-order valence-corrected chi connectivity index (χ3v) is 4.82. The number of aromatic hydroxyl groups is 1. The minimum atomic E-state index is -1.21. The van der Waals surface area contributed by atoms with E-state index in [-0.39, 0.29) is 18.7 Å². The first kappa shape index (κ1) is 24.4. The number of unbranched alkanes of at least 4 members (excludes halogenated alkanes) is 8. The van der Waals surface area contributed by atoms with E-state index in [0.29, 0.717) is 12.0 Å². The Bertz CT molecular complexity index is 677. The molecule has 1 rings (SSSR count). The number of carbonyl (C=O) groups excluding carboxylic acids is 1. The number of phenolic OH excluding ortho intramolecular Hbond substituents is 1. The highest BCUT2D eigenvalue weighted by Crippen LogP contribution is 2.26. The molecule has 0 bridgehead atoms. The Hall–Kier alpha value is -2.64. The Labute approximate surface area is 171 Å². The molecule has 29 heavy (non-hydrogen) atoms. The van der Waals surface area contributed by atoms with Crippen LogP contribution in [0.5, 0.6) is 5.75 Å². The van der Waals surface area contributed by atoms with Crippen molar-refractivity contribution >= 4 is 17.6 Å². The molecule has 3 N–H and O–H groups in total. The van der Waals surface area contributed by atoms with Crippen LogP contribution in [0.25, 0.3) is 0 Å². The number of carboxylic acid groups (broad SMARTS) is 1. The van der Waals surface area contributed by atoms with Gasteiger partial charge in [-0.1, -0.05) is 64.4 Å². The first-order chi connectivity index (χ1) is 13.8. The predicted octanol–water partition coefficient (Wildman–Crippen LogP) is 4.33. The van der Waals surface area contributed by atoms with Crippen LogP contribution in [0.15, 0.2) is 18.2 Å². The number of benzene rings is 1. The number of nitrogens with zero attached hydrogens (tertiary/aromatic N) is 1. The van der Waals surface area contributed by atoms with Gasteiger partial charge in [0, 0.05) is 18.9 Å². The van der Waals surface area contributed by atoms with Crippen molar-refractivity contribution in [2.45, 2.75) is 83.6 Å². The van der Waals surface area contributed by atoms with Gasteiger partial charge in [0.05, 0.1) is 4.92 Å². The lowest BCUT2D eigenvalue weighted by molar-refractivity contribution is -0.385. The number of phenols is 1. The molecule has 0 aliphatic heterocycles. The lowest BCUT2D eigenvalue weighted by Gasteiger charge is -2.15. The second-order valence-electron chi connectivity index (χ2n) is 7.32. The number of hydrogen-bond donors (Lipinski definition) is 3. The van der Waals surface area contributed by atoms with Crippen molar-refractivity contribution < 1.29 is 24.7 Å². The largest absolute Gasteiger partial charge is 0.502 e. The number of hydrogen-bond acceptors (Lipinski definition) is 5. The zero-order valence-corrected chi connectivity index (χ0v) is 17.1. The zero-order chi connectivity index (χ0) is 21.6. The Morgan fingerprint density at radius 1 is 1.07 bits per heavy atom. The highest BCUT2D eigenvalue weighted by molar-refractivity contribution is 5.83. The van der Waals surface area contributed by atoms with Gasteiger partial charge in [-0.05, 0) is 18.1 Å². The second kappa shape index (κ2) is 13.5. The van der Waals surface area contributed by atoms with Gasteiger partial charge in [0.1, 0.15) is 6.04 Å². The van der Waals surface area contributed by atoms with E-state index in [2.05, 4.69) is 12.2 Å². The van der Waals surface area contributed by atoms with E-state index in [4.69, 9.17) is 0 Å². The monoisotopic (exact) mass is 408 g/mol. The van der Waals surface area contributed by atoms with Crippen LogP contribution in [0.1, 0.15) is 76.7 Å². The topological polar surface area (TPSA) is 130 Å². The quantitative estimate of drug-likeness (QED) is 0.225. The average molecular weight is 408 g/mol. The third kappa shape index (κ3) is 9.91. The number of carbonyl (C=O) groups is 2. The number of amides is 1. The highest BCUT2D eigenvalue weighted by Gasteiger charge is 2.22. The molecule has 0 unspecified atom stereocenters. The van der Waals surface area contributed by atoms with Crippen molar-refractivity contribution in [3.8, 4) is 5.75 Å². The van der Waals surface area contributed by atoms with Crippen molar-refractivity contribution in [2.24, 2.45) is 0 Å². The first-order valence-electron chi connectivity index (χ1n) is 10.3. The molecule has 0 aliphatic carbocycles. The molecule has 0 aromatic heterocycles. The number of nitro groups is 1. The molecule has 0 saturated heterocycles. The summed E-state index contributed by atoms with van der Waals surface area (Å²) in [6, 6.07) is 2.50. The summed E-state index contributed by atoms with van der Waals surface area (Å²) in [7, 11) is 0. The number of nitro benzene ring substituents is 1. The molecular weight excluding hydrogens is 376 g/mol. The fraction of sp³-hybridized carbons (Fsp3) is 0.619. The molecule has 8 heteroatoms. The Balaban J connectivity index is 2.38. The molecule has 0 saturated carbocycles. The molecule has 1 amide bonds. The van der Waals surface area contributed by atoms with E-state index >= 15 is 0 Å². The second-order valence-corrected chi connectivity index (χ2v) is 7.32. The van der Waals surface area contributed by atoms with Crippen molar-refractivity contribution in [1.29, 1.82) is 0 Å². The fourth-order valence-corrected chi connectivity index (χ4v) is 3.14. The van der Waals surface area contributed by atoms with Gasteiger partial charge < -0.3 is 15.5 Å². The van der Waals surface area contributed by atoms with Crippen LogP contribution < -0.4 is 5.32 Å². The SMILES string of the molecule is CCCCCCCCCCCC(=O)N[C@H](Cc1ccc(O)c([N+](=O)[O-])c1)C(=O)O. The summed E-state index contributed by atoms with van der Waals surface area (Å²) in [4.78, 5) is 33.7. The van der Waals surface area contributed by atoms with E-state index in [0.717, 1.165) is 31.4 Å². The van der Waals surface area contributed by atoms with Gasteiger partial charge in [0.25, 0.3) is 0 Å². The van der Waals surface area contributed by atoms with Gasteiger partial charge in [-0.15, -0.1) is 0 Å². The van der Waals surface area contributed by atoms with E-state index in [1.54, 1.807) is 0 Å². The van der Waals surface area contributed by atoms with Crippen molar-refractivity contribution in [2.75, 3.05) is 0 Å². The zero-order valence-electron chi connectivity index (χ0n) is 17.1. The van der Waals surface area contributed by atoms with Crippen LogP contribution in [-0.4, -0.2) is 33.1 Å². The maximum absolute atomic E-state index is 12.1. The molecule has 0 radical (unpaired) electrons. The number of nitrogens with one attached hydrogen (secondary N) is 1. The molecule has 162 valence electrons. The van der Waals surface area contributed by atoms with Gasteiger partial charge >= 0.3 is 11.7 Å². The van der Waals surface area contributed by atoms with Gasteiger partial charge in [0.2, 0.25) is 5.91 Å². The summed E-state index contributed by atoms with van der Waals surface area (Å²) >= 11 is 0. The maximum atomic E-state index is 12.1. The minimum absolute atomic E-state index is 0.0973. The summed E-state index contributed by atoms with van der Waals surface area (Å²) in [6.07, 6.45) is 10.3. The smallest absolute Gasteiger partial charge is 0.326 e. The van der Waals surface area contributed by atoms with E-state index in [1.165, 1.54) is 38.2 Å². The van der Waals surface area contributed by atoms with Gasteiger partial charge in [-0.25, -0.2) is 4.79 Å². The van der Waals surface area contributed by atoms with E-state index in [1.807, 2.05) is 0 Å². The molecular formula is C21H32N2O6. The lowest BCUT2D eigenvalue weighted by Crippen LogP contribution is -2.42. The molecule has 0 heterocycles. The van der Waals surface area contributed by atoms with Gasteiger partial charge in [0.15, 0.2) is 5.75 Å². The Morgan fingerprint density at radius 3 is 2.21 bits per heavy atom.